The topological polar surface area (TPSA) is 97.9 Å². The van der Waals surface area contributed by atoms with Crippen LogP contribution in [0, 0.1) is 6.92 Å². The van der Waals surface area contributed by atoms with Crippen LogP contribution >= 0.6 is 0 Å². The summed E-state index contributed by atoms with van der Waals surface area (Å²) in [4.78, 5) is 20.8. The number of alkyl halides is 3. The molecule has 2 aromatic heterocycles. The first-order valence-electron chi connectivity index (χ1n) is 11.2. The van der Waals surface area contributed by atoms with Gasteiger partial charge in [-0.25, -0.2) is 14.8 Å². The predicted molar refractivity (Wildman–Crippen MR) is 138 cm³/mol. The Labute approximate surface area is 209 Å². The minimum atomic E-state index is -4.59. The summed E-state index contributed by atoms with van der Waals surface area (Å²) in [5.74, 6) is 0.440. The average Bonchev–Trinajstić information content (AvgIpc) is 3.30. The first kappa shape index (κ1) is 23.9. The van der Waals surface area contributed by atoms with Crippen LogP contribution in [0.25, 0.3) is 27.6 Å². The van der Waals surface area contributed by atoms with Crippen molar-refractivity contribution in [1.29, 1.82) is 0 Å². The number of anilines is 3. The molecule has 0 bridgehead atoms. The van der Waals surface area contributed by atoms with Crippen molar-refractivity contribution in [2.75, 3.05) is 16.4 Å². The largest absolute Gasteiger partial charge is 0.416 e. The van der Waals surface area contributed by atoms with Gasteiger partial charge in [-0.1, -0.05) is 30.3 Å². The van der Waals surface area contributed by atoms with Crippen LogP contribution in [0.15, 0.2) is 85.5 Å². The SMILES string of the molecule is Cc1cn(-c2cc(NC(=O)Nc3ccc(-c4cccc5c(N)nccc45)cc3)cc(C(F)(F)F)c2)cn1. The molecule has 0 fully saturated rings. The molecule has 0 unspecified atom stereocenters. The van der Waals surface area contributed by atoms with Crippen molar-refractivity contribution in [3.63, 3.8) is 0 Å². The molecule has 5 rings (SSSR count). The molecule has 4 N–H and O–H groups in total. The lowest BCUT2D eigenvalue weighted by Gasteiger charge is -2.14. The molecule has 0 saturated carbocycles. The number of hydrogen-bond acceptors (Lipinski definition) is 4. The minimum Gasteiger partial charge on any atom is -0.383 e. The molecule has 7 nitrogen and oxygen atoms in total. The van der Waals surface area contributed by atoms with E-state index >= 15 is 0 Å². The van der Waals surface area contributed by atoms with Crippen molar-refractivity contribution >= 4 is 34.0 Å². The highest BCUT2D eigenvalue weighted by molar-refractivity contribution is 6.02. The van der Waals surface area contributed by atoms with Crippen LogP contribution in [0.2, 0.25) is 0 Å². The number of halogens is 3. The number of amides is 2. The van der Waals surface area contributed by atoms with E-state index in [0.29, 0.717) is 17.2 Å². The van der Waals surface area contributed by atoms with E-state index in [1.54, 1.807) is 31.5 Å². The van der Waals surface area contributed by atoms with Gasteiger partial charge in [-0.15, -0.1) is 0 Å². The van der Waals surface area contributed by atoms with Gasteiger partial charge in [-0.05, 0) is 59.8 Å². The molecule has 0 radical (unpaired) electrons. The second-order valence-corrected chi connectivity index (χ2v) is 8.44. The van der Waals surface area contributed by atoms with Crippen molar-refractivity contribution in [3.8, 4) is 16.8 Å². The van der Waals surface area contributed by atoms with Gasteiger partial charge < -0.3 is 20.9 Å². The number of nitrogens with two attached hydrogens (primary N) is 1. The average molecular weight is 503 g/mol. The Kier molecular flexibility index (Phi) is 6.00. The fourth-order valence-electron chi connectivity index (χ4n) is 4.07. The Morgan fingerprint density at radius 3 is 2.38 bits per heavy atom. The zero-order chi connectivity index (χ0) is 26.2. The van der Waals surface area contributed by atoms with Gasteiger partial charge in [0.1, 0.15) is 5.82 Å². The third-order valence-corrected chi connectivity index (χ3v) is 5.80. The number of aromatic nitrogens is 3. The number of pyridine rings is 1. The third kappa shape index (κ3) is 5.08. The monoisotopic (exact) mass is 502 g/mol. The zero-order valence-electron chi connectivity index (χ0n) is 19.5. The van der Waals surface area contributed by atoms with E-state index in [4.69, 9.17) is 5.73 Å². The molecule has 0 aliphatic heterocycles. The van der Waals surface area contributed by atoms with E-state index in [1.165, 1.54) is 17.0 Å². The van der Waals surface area contributed by atoms with Crippen LogP contribution < -0.4 is 16.4 Å². The molecular weight excluding hydrogens is 481 g/mol. The minimum absolute atomic E-state index is 0.00717. The summed E-state index contributed by atoms with van der Waals surface area (Å²) >= 11 is 0. The maximum absolute atomic E-state index is 13.5. The summed E-state index contributed by atoms with van der Waals surface area (Å²) in [5.41, 5.74) is 8.30. The van der Waals surface area contributed by atoms with Crippen LogP contribution in [0.5, 0.6) is 0 Å². The Bertz CT molecular complexity index is 1610. The molecule has 5 aromatic rings. The number of aryl methyl sites for hydroxylation is 1. The second-order valence-electron chi connectivity index (χ2n) is 8.44. The van der Waals surface area contributed by atoms with E-state index in [0.717, 1.165) is 34.0 Å². The number of fused-ring (bicyclic) bond motifs is 1. The Morgan fingerprint density at radius 1 is 0.919 bits per heavy atom. The highest BCUT2D eigenvalue weighted by Gasteiger charge is 2.31. The molecule has 0 aliphatic carbocycles. The number of carbonyl (C=O) groups excluding carboxylic acids is 1. The van der Waals surface area contributed by atoms with Crippen molar-refractivity contribution in [1.82, 2.24) is 14.5 Å². The van der Waals surface area contributed by atoms with Gasteiger partial charge in [0, 0.05) is 34.8 Å². The number of carbonyl (C=O) groups is 1. The van der Waals surface area contributed by atoms with Crippen molar-refractivity contribution in [2.24, 2.45) is 0 Å². The lowest BCUT2D eigenvalue weighted by Crippen LogP contribution is -2.20. The van der Waals surface area contributed by atoms with E-state index in [1.807, 2.05) is 36.4 Å². The number of nitrogens with one attached hydrogen (secondary N) is 2. The maximum Gasteiger partial charge on any atom is 0.416 e. The first-order chi connectivity index (χ1) is 17.7. The quantitative estimate of drug-likeness (QED) is 0.257. The lowest BCUT2D eigenvalue weighted by atomic mass is 9.99. The normalized spacial score (nSPS) is 11.5. The van der Waals surface area contributed by atoms with Crippen LogP contribution in [0.4, 0.5) is 35.2 Å². The van der Waals surface area contributed by atoms with E-state index < -0.39 is 17.8 Å². The van der Waals surface area contributed by atoms with Crippen LogP contribution in [0.3, 0.4) is 0 Å². The summed E-state index contributed by atoms with van der Waals surface area (Å²) in [6, 6.07) is 17.4. The lowest BCUT2D eigenvalue weighted by molar-refractivity contribution is -0.137. The molecule has 2 amide bonds. The Morgan fingerprint density at radius 2 is 1.68 bits per heavy atom. The first-order valence-corrected chi connectivity index (χ1v) is 11.2. The van der Waals surface area contributed by atoms with Crippen molar-refractivity contribution < 1.29 is 18.0 Å². The van der Waals surface area contributed by atoms with Gasteiger partial charge in [-0.2, -0.15) is 13.2 Å². The molecule has 0 saturated heterocycles. The van der Waals surface area contributed by atoms with E-state index in [9.17, 15) is 18.0 Å². The maximum atomic E-state index is 13.5. The zero-order valence-corrected chi connectivity index (χ0v) is 19.5. The molecular formula is C27H21F3N6O. The molecule has 0 aliphatic rings. The molecule has 10 heteroatoms. The Hall–Kier alpha value is -4.86. The van der Waals surface area contributed by atoms with Crippen LogP contribution in [-0.4, -0.2) is 20.6 Å². The van der Waals surface area contributed by atoms with Crippen LogP contribution in [-0.2, 0) is 6.18 Å². The fourth-order valence-corrected chi connectivity index (χ4v) is 4.07. The summed E-state index contributed by atoms with van der Waals surface area (Å²) in [7, 11) is 0. The Balaban J connectivity index is 1.36. The number of urea groups is 1. The smallest absolute Gasteiger partial charge is 0.383 e. The summed E-state index contributed by atoms with van der Waals surface area (Å²) < 4.78 is 41.9. The molecule has 2 heterocycles. The molecule has 186 valence electrons. The third-order valence-electron chi connectivity index (χ3n) is 5.80. The van der Waals surface area contributed by atoms with Gasteiger partial charge in [-0.3, -0.25) is 0 Å². The van der Waals surface area contributed by atoms with Gasteiger partial charge >= 0.3 is 12.2 Å². The van der Waals surface area contributed by atoms with E-state index in [2.05, 4.69) is 20.6 Å². The van der Waals surface area contributed by atoms with Gasteiger partial charge in [0.05, 0.1) is 17.6 Å². The molecule has 3 aromatic carbocycles. The van der Waals surface area contributed by atoms with Crippen molar-refractivity contribution in [2.45, 2.75) is 13.1 Å². The highest BCUT2D eigenvalue weighted by Crippen LogP contribution is 2.34. The molecule has 37 heavy (non-hydrogen) atoms. The fraction of sp³-hybridized carbons (Fsp3) is 0.0741. The summed E-state index contributed by atoms with van der Waals surface area (Å²) in [5, 5.41) is 6.94. The number of imidazole rings is 1. The number of benzene rings is 3. The molecule has 0 atom stereocenters. The number of rotatable bonds is 4. The second kappa shape index (κ2) is 9.30. The number of nitrogens with zero attached hydrogens (tertiary/aromatic N) is 3. The highest BCUT2D eigenvalue weighted by atomic mass is 19.4. The predicted octanol–water partition coefficient (Wildman–Crippen LogP) is 6.64. The summed E-state index contributed by atoms with van der Waals surface area (Å²) in [6.07, 6.45) is 0.0734. The number of nitrogen functional groups attached to an aromatic ring is 1. The van der Waals surface area contributed by atoms with Gasteiger partial charge in [0.15, 0.2) is 0 Å². The van der Waals surface area contributed by atoms with E-state index in [-0.39, 0.29) is 11.4 Å². The van der Waals surface area contributed by atoms with Crippen LogP contribution in [0.1, 0.15) is 11.3 Å². The van der Waals surface area contributed by atoms with Gasteiger partial charge in [0.25, 0.3) is 0 Å². The van der Waals surface area contributed by atoms with Crippen molar-refractivity contribution in [3.05, 3.63) is 96.7 Å². The summed E-state index contributed by atoms with van der Waals surface area (Å²) in [6.45, 7) is 1.73. The van der Waals surface area contributed by atoms with Gasteiger partial charge in [0.2, 0.25) is 0 Å². The number of hydrogen-bond donors (Lipinski definition) is 3. The molecule has 0 spiro atoms. The standard InChI is InChI=1S/C27H21F3N6O/c1-16-14-36(15-33-16)21-12-18(27(28,29)30)11-20(13-21)35-26(37)34-19-7-5-17(6-8-19)22-3-2-4-24-23(22)9-10-32-25(24)31/h2-15H,1H3,(H2,31,32)(H2,34,35,37).